The van der Waals surface area contributed by atoms with Crippen LogP contribution >= 0.6 is 31.9 Å². The van der Waals surface area contributed by atoms with Gasteiger partial charge in [-0.2, -0.15) is 0 Å². The van der Waals surface area contributed by atoms with Crippen LogP contribution < -0.4 is 19.7 Å². The van der Waals surface area contributed by atoms with Gasteiger partial charge in [0.1, 0.15) is 12.2 Å². The largest absolute Gasteiger partial charge is 0.493 e. The van der Waals surface area contributed by atoms with E-state index in [9.17, 15) is 14.4 Å². The number of methoxy groups -OCH3 is 1. The van der Waals surface area contributed by atoms with Gasteiger partial charge in [-0.25, -0.2) is 9.69 Å². The first-order valence-electron chi connectivity index (χ1n) is 11.6. The lowest BCUT2D eigenvalue weighted by Crippen LogP contribution is -2.54. The predicted molar refractivity (Wildman–Crippen MR) is 153 cm³/mol. The fourth-order valence-electron chi connectivity index (χ4n) is 3.95. The average Bonchev–Trinajstić information content (AvgIpc) is 2.88. The summed E-state index contributed by atoms with van der Waals surface area (Å²) < 4.78 is 13.5. The minimum absolute atomic E-state index is 0.180. The average molecular weight is 640 g/mol. The number of hydrogen-bond acceptors (Lipinski definition) is 5. The van der Waals surface area contributed by atoms with Crippen LogP contribution in [-0.2, 0) is 22.6 Å². The Morgan fingerprint density at radius 2 is 1.76 bits per heavy atom. The van der Waals surface area contributed by atoms with Crippen LogP contribution in [-0.4, -0.2) is 25.0 Å². The number of rotatable bonds is 8. The highest BCUT2D eigenvalue weighted by atomic mass is 79.9. The van der Waals surface area contributed by atoms with Gasteiger partial charge in [-0.1, -0.05) is 50.1 Å². The minimum atomic E-state index is -0.805. The standard InChI is InChI=1S/C29H24Br2N2O5/c1-4-5-20-13-19(15-25(37-3)26(20)38-16-18-6-8-21(30)9-7-18)14-23-27(34)32-29(36)33(28(23)35)22-10-11-24(31)17(2)12-22/h4,6-15H,1,5,16H2,2-3H3,(H,32,34,36)/b23-14+. The van der Waals surface area contributed by atoms with Gasteiger partial charge >= 0.3 is 6.03 Å². The fraction of sp³-hybridized carbons (Fsp3) is 0.138. The lowest BCUT2D eigenvalue weighted by molar-refractivity contribution is -0.122. The van der Waals surface area contributed by atoms with Crippen molar-refractivity contribution in [2.75, 3.05) is 12.0 Å². The van der Waals surface area contributed by atoms with E-state index in [0.717, 1.165) is 30.5 Å². The van der Waals surface area contributed by atoms with E-state index in [4.69, 9.17) is 9.47 Å². The number of barbiturate groups is 1. The zero-order chi connectivity index (χ0) is 27.4. The lowest BCUT2D eigenvalue weighted by Gasteiger charge is -2.27. The van der Waals surface area contributed by atoms with Crippen molar-refractivity contribution < 1.29 is 23.9 Å². The number of carbonyl (C=O) groups is 3. The number of halogens is 2. The van der Waals surface area contributed by atoms with Crippen molar-refractivity contribution in [1.29, 1.82) is 0 Å². The third-order valence-electron chi connectivity index (χ3n) is 5.85. The van der Waals surface area contributed by atoms with E-state index in [1.807, 2.05) is 31.2 Å². The highest BCUT2D eigenvalue weighted by molar-refractivity contribution is 9.10. The number of benzene rings is 3. The quantitative estimate of drug-likeness (QED) is 0.173. The Kier molecular flexibility index (Phi) is 8.48. The summed E-state index contributed by atoms with van der Waals surface area (Å²) in [5.41, 5.74) is 3.29. The first-order chi connectivity index (χ1) is 18.2. The van der Waals surface area contributed by atoms with Crippen LogP contribution in [0.15, 0.2) is 81.8 Å². The van der Waals surface area contributed by atoms with E-state index in [-0.39, 0.29) is 5.57 Å². The molecule has 1 heterocycles. The van der Waals surface area contributed by atoms with Crippen molar-refractivity contribution >= 4 is 61.5 Å². The summed E-state index contributed by atoms with van der Waals surface area (Å²) in [5, 5.41) is 2.26. The van der Waals surface area contributed by atoms with Gasteiger partial charge in [-0.05, 0) is 78.6 Å². The highest BCUT2D eigenvalue weighted by Crippen LogP contribution is 2.35. The van der Waals surface area contributed by atoms with Crippen LogP contribution in [0, 0.1) is 6.92 Å². The van der Waals surface area contributed by atoms with Crippen molar-refractivity contribution in [1.82, 2.24) is 5.32 Å². The molecule has 1 aliphatic heterocycles. The van der Waals surface area contributed by atoms with E-state index in [1.165, 1.54) is 13.2 Å². The zero-order valence-electron chi connectivity index (χ0n) is 20.7. The molecule has 1 aliphatic rings. The maximum absolute atomic E-state index is 13.4. The van der Waals surface area contributed by atoms with Gasteiger partial charge in [0.2, 0.25) is 0 Å². The second-order valence-electron chi connectivity index (χ2n) is 8.51. The molecular weight excluding hydrogens is 616 g/mol. The summed E-state index contributed by atoms with van der Waals surface area (Å²) in [7, 11) is 1.52. The minimum Gasteiger partial charge on any atom is -0.493 e. The van der Waals surface area contributed by atoms with Crippen LogP contribution in [0.1, 0.15) is 22.3 Å². The Labute approximate surface area is 237 Å². The topological polar surface area (TPSA) is 84.9 Å². The van der Waals surface area contributed by atoms with Crippen LogP contribution in [0.25, 0.3) is 6.08 Å². The molecule has 0 atom stereocenters. The normalized spacial score (nSPS) is 14.5. The van der Waals surface area contributed by atoms with Gasteiger partial charge in [-0.3, -0.25) is 14.9 Å². The van der Waals surface area contributed by atoms with Gasteiger partial charge in [-0.15, -0.1) is 6.58 Å². The van der Waals surface area contributed by atoms with Gasteiger partial charge in [0.05, 0.1) is 12.8 Å². The molecular formula is C29H24Br2N2O5. The molecule has 9 heteroatoms. The van der Waals surface area contributed by atoms with Gasteiger partial charge in [0.15, 0.2) is 11.5 Å². The van der Waals surface area contributed by atoms with Crippen molar-refractivity contribution in [3.63, 3.8) is 0 Å². The second kappa shape index (κ2) is 11.8. The molecule has 0 aromatic heterocycles. The number of anilines is 1. The van der Waals surface area contributed by atoms with E-state index in [1.54, 1.807) is 36.4 Å². The number of amides is 4. The Balaban J connectivity index is 1.70. The molecule has 0 bridgehead atoms. The molecule has 4 rings (SSSR count). The first-order valence-corrected chi connectivity index (χ1v) is 13.2. The van der Waals surface area contributed by atoms with Crippen molar-refractivity contribution in [3.05, 3.63) is 104 Å². The van der Waals surface area contributed by atoms with Gasteiger partial charge in [0, 0.05) is 14.5 Å². The van der Waals surface area contributed by atoms with Crippen LogP contribution in [0.5, 0.6) is 11.5 Å². The summed E-state index contributed by atoms with van der Waals surface area (Å²) >= 11 is 6.84. The van der Waals surface area contributed by atoms with Crippen molar-refractivity contribution in [3.8, 4) is 11.5 Å². The maximum atomic E-state index is 13.4. The number of aryl methyl sites for hydroxylation is 1. The Morgan fingerprint density at radius 3 is 2.42 bits per heavy atom. The molecule has 1 saturated heterocycles. The summed E-state index contributed by atoms with van der Waals surface area (Å²) in [5.74, 6) is -0.516. The van der Waals surface area contributed by atoms with Crippen LogP contribution in [0.4, 0.5) is 10.5 Å². The van der Waals surface area contributed by atoms with E-state index in [0.29, 0.717) is 35.8 Å². The molecule has 0 spiro atoms. The van der Waals surface area contributed by atoms with E-state index < -0.39 is 17.8 Å². The van der Waals surface area contributed by atoms with E-state index in [2.05, 4.69) is 43.8 Å². The van der Waals surface area contributed by atoms with Crippen LogP contribution in [0.2, 0.25) is 0 Å². The van der Waals surface area contributed by atoms with Crippen LogP contribution in [0.3, 0.4) is 0 Å². The smallest absolute Gasteiger partial charge is 0.335 e. The fourth-order valence-corrected chi connectivity index (χ4v) is 4.46. The molecule has 7 nitrogen and oxygen atoms in total. The number of carbonyl (C=O) groups excluding carboxylic acids is 3. The molecule has 0 saturated carbocycles. The molecule has 1 fully saturated rings. The number of allylic oxidation sites excluding steroid dienone is 1. The third-order valence-corrected chi connectivity index (χ3v) is 7.27. The lowest BCUT2D eigenvalue weighted by atomic mass is 10.0. The number of nitrogens with zero attached hydrogens (tertiary/aromatic N) is 1. The number of imide groups is 2. The Morgan fingerprint density at radius 1 is 1.03 bits per heavy atom. The number of ether oxygens (including phenoxy) is 2. The summed E-state index contributed by atoms with van der Waals surface area (Å²) in [6, 6.07) is 15.5. The molecule has 3 aromatic rings. The van der Waals surface area contributed by atoms with Gasteiger partial charge < -0.3 is 9.47 Å². The van der Waals surface area contributed by atoms with Crippen molar-refractivity contribution in [2.45, 2.75) is 20.0 Å². The number of urea groups is 1. The molecule has 3 aromatic carbocycles. The zero-order valence-corrected chi connectivity index (χ0v) is 23.9. The maximum Gasteiger partial charge on any atom is 0.335 e. The number of nitrogens with one attached hydrogen (secondary N) is 1. The third kappa shape index (κ3) is 5.89. The molecule has 0 unspecified atom stereocenters. The predicted octanol–water partition coefficient (Wildman–Crippen LogP) is 6.50. The number of hydrogen-bond donors (Lipinski definition) is 1. The molecule has 38 heavy (non-hydrogen) atoms. The molecule has 1 N–H and O–H groups in total. The molecule has 194 valence electrons. The first kappa shape index (κ1) is 27.3. The van der Waals surface area contributed by atoms with Gasteiger partial charge in [0.25, 0.3) is 11.8 Å². The van der Waals surface area contributed by atoms with E-state index >= 15 is 0 Å². The Bertz CT molecular complexity index is 1460. The molecule has 0 radical (unpaired) electrons. The van der Waals surface area contributed by atoms with Crippen molar-refractivity contribution in [2.24, 2.45) is 0 Å². The summed E-state index contributed by atoms with van der Waals surface area (Å²) in [4.78, 5) is 39.6. The highest BCUT2D eigenvalue weighted by Gasteiger charge is 2.37. The second-order valence-corrected chi connectivity index (χ2v) is 10.3. The SMILES string of the molecule is C=CCc1cc(/C=C2\C(=O)NC(=O)N(c3ccc(Br)c(C)c3)C2=O)cc(OC)c1OCc1ccc(Br)cc1. The molecule has 4 amide bonds. The summed E-state index contributed by atoms with van der Waals surface area (Å²) in [6.07, 6.45) is 3.63. The Hall–Kier alpha value is -3.69. The summed E-state index contributed by atoms with van der Waals surface area (Å²) in [6.45, 7) is 5.99. The molecule has 0 aliphatic carbocycles. The monoisotopic (exact) mass is 638 g/mol.